The van der Waals surface area contributed by atoms with Crippen LogP contribution in [0.2, 0.25) is 0 Å². The maximum Gasteiger partial charge on any atom is 0.241 e. The molecule has 1 saturated heterocycles. The lowest BCUT2D eigenvalue weighted by atomic mass is 10.2. The Morgan fingerprint density at radius 2 is 1.72 bits per heavy atom. The van der Waals surface area contributed by atoms with Gasteiger partial charge in [-0.1, -0.05) is 30.3 Å². The third-order valence-electron chi connectivity index (χ3n) is 4.81. The van der Waals surface area contributed by atoms with E-state index in [1.54, 1.807) is 13.4 Å². The third-order valence-corrected chi connectivity index (χ3v) is 4.81. The van der Waals surface area contributed by atoms with Gasteiger partial charge in [-0.3, -0.25) is 9.80 Å². The van der Waals surface area contributed by atoms with Crippen molar-refractivity contribution in [2.24, 2.45) is 0 Å². The van der Waals surface area contributed by atoms with Gasteiger partial charge >= 0.3 is 0 Å². The van der Waals surface area contributed by atoms with Gasteiger partial charge in [-0.25, -0.2) is 4.98 Å². The van der Waals surface area contributed by atoms with E-state index < -0.39 is 0 Å². The highest BCUT2D eigenvalue weighted by Gasteiger charge is 2.19. The summed E-state index contributed by atoms with van der Waals surface area (Å²) in [6, 6.07) is 10.7. The molecule has 25 heavy (non-hydrogen) atoms. The number of aromatic nitrogens is 3. The van der Waals surface area contributed by atoms with Gasteiger partial charge in [0.05, 0.1) is 12.6 Å². The molecule has 1 aliphatic heterocycles. The highest BCUT2D eigenvalue weighted by molar-refractivity contribution is 5.82. The van der Waals surface area contributed by atoms with Crippen LogP contribution >= 0.6 is 0 Å². The van der Waals surface area contributed by atoms with Crippen molar-refractivity contribution in [3.63, 3.8) is 0 Å². The highest BCUT2D eigenvalue weighted by Crippen LogP contribution is 2.24. The summed E-state index contributed by atoms with van der Waals surface area (Å²) in [6.45, 7) is 6.26. The number of hydrogen-bond donors (Lipinski definition) is 1. The van der Waals surface area contributed by atoms with Gasteiger partial charge in [-0.05, 0) is 5.56 Å². The zero-order chi connectivity index (χ0) is 17.1. The largest absolute Gasteiger partial charge is 0.479 e. The minimum absolute atomic E-state index is 0.601. The second kappa shape index (κ2) is 7.21. The fourth-order valence-electron chi connectivity index (χ4n) is 3.43. The molecule has 1 aromatic carbocycles. The Morgan fingerprint density at radius 1 is 1.00 bits per heavy atom. The van der Waals surface area contributed by atoms with E-state index in [0.29, 0.717) is 5.88 Å². The number of rotatable bonds is 5. The van der Waals surface area contributed by atoms with Crippen LogP contribution in [0.25, 0.3) is 11.0 Å². The number of methoxy groups -OCH3 is 1. The Morgan fingerprint density at radius 3 is 2.44 bits per heavy atom. The zero-order valence-electron chi connectivity index (χ0n) is 14.5. The first-order valence-corrected chi connectivity index (χ1v) is 8.67. The number of benzene rings is 1. The molecule has 0 unspecified atom stereocenters. The topological polar surface area (TPSA) is 57.3 Å². The molecule has 1 aliphatic rings. The van der Waals surface area contributed by atoms with E-state index in [1.165, 1.54) is 11.1 Å². The minimum atomic E-state index is 0.601. The fraction of sp³-hybridized carbons (Fsp3) is 0.368. The molecule has 1 N–H and O–H groups in total. The van der Waals surface area contributed by atoms with E-state index in [4.69, 9.17) is 4.74 Å². The van der Waals surface area contributed by atoms with E-state index in [2.05, 4.69) is 55.1 Å². The van der Waals surface area contributed by atoms with Crippen LogP contribution in [0, 0.1) is 0 Å². The molecular weight excluding hydrogens is 314 g/mol. The van der Waals surface area contributed by atoms with Crippen molar-refractivity contribution >= 4 is 11.0 Å². The second-order valence-corrected chi connectivity index (χ2v) is 6.46. The molecule has 0 saturated carbocycles. The number of ether oxygens (including phenoxy) is 1. The summed E-state index contributed by atoms with van der Waals surface area (Å²) in [5.41, 5.74) is 4.42. The molecule has 3 heterocycles. The Labute approximate surface area is 147 Å². The fourth-order valence-corrected chi connectivity index (χ4v) is 3.43. The highest BCUT2D eigenvalue weighted by atomic mass is 16.5. The quantitative estimate of drug-likeness (QED) is 0.774. The summed E-state index contributed by atoms with van der Waals surface area (Å²) >= 11 is 0. The van der Waals surface area contributed by atoms with Crippen molar-refractivity contribution in [1.29, 1.82) is 0 Å². The molecule has 6 nitrogen and oxygen atoms in total. The lowest BCUT2D eigenvalue weighted by Gasteiger charge is -2.34. The first kappa shape index (κ1) is 16.1. The van der Waals surface area contributed by atoms with E-state index in [-0.39, 0.29) is 0 Å². The Hall–Kier alpha value is -2.44. The van der Waals surface area contributed by atoms with Crippen LogP contribution in [-0.2, 0) is 13.1 Å². The van der Waals surface area contributed by atoms with Gasteiger partial charge in [0.15, 0.2) is 0 Å². The molecule has 2 aromatic heterocycles. The van der Waals surface area contributed by atoms with Crippen LogP contribution < -0.4 is 4.74 Å². The molecule has 6 heteroatoms. The van der Waals surface area contributed by atoms with Crippen LogP contribution in [0.3, 0.4) is 0 Å². The number of aromatic amines is 1. The van der Waals surface area contributed by atoms with Crippen LogP contribution in [-0.4, -0.2) is 58.0 Å². The lowest BCUT2D eigenvalue weighted by molar-refractivity contribution is 0.122. The van der Waals surface area contributed by atoms with Gasteiger partial charge in [0.25, 0.3) is 0 Å². The van der Waals surface area contributed by atoms with Crippen molar-refractivity contribution < 1.29 is 4.74 Å². The van der Waals surface area contributed by atoms with Crippen molar-refractivity contribution in [2.45, 2.75) is 13.1 Å². The SMILES string of the molecule is COc1ncnc2c(CN3CCN(Cc4ccccc4)CC3)c[nH]c12. The van der Waals surface area contributed by atoms with Crippen molar-refractivity contribution in [1.82, 2.24) is 24.8 Å². The summed E-state index contributed by atoms with van der Waals surface area (Å²) in [7, 11) is 1.63. The average Bonchev–Trinajstić information content (AvgIpc) is 3.07. The van der Waals surface area contributed by atoms with Crippen LogP contribution in [0.1, 0.15) is 11.1 Å². The molecule has 0 radical (unpaired) electrons. The smallest absolute Gasteiger partial charge is 0.241 e. The minimum Gasteiger partial charge on any atom is -0.479 e. The van der Waals surface area contributed by atoms with E-state index in [1.807, 2.05) is 6.20 Å². The Bertz CT molecular complexity index is 824. The molecule has 130 valence electrons. The predicted octanol–water partition coefficient (Wildman–Crippen LogP) is 2.28. The van der Waals surface area contributed by atoms with Gasteiger partial charge in [-0.2, -0.15) is 4.98 Å². The van der Waals surface area contributed by atoms with Crippen molar-refractivity contribution in [3.05, 3.63) is 54.0 Å². The van der Waals surface area contributed by atoms with Gasteiger partial charge in [0, 0.05) is 51.0 Å². The number of hydrogen-bond acceptors (Lipinski definition) is 5. The third kappa shape index (κ3) is 3.50. The Kier molecular flexibility index (Phi) is 4.63. The molecule has 3 aromatic rings. The monoisotopic (exact) mass is 337 g/mol. The number of nitrogens with one attached hydrogen (secondary N) is 1. The molecule has 0 amide bonds. The first-order chi connectivity index (χ1) is 12.3. The Balaban J connectivity index is 1.37. The first-order valence-electron chi connectivity index (χ1n) is 8.67. The number of piperazine rings is 1. The van der Waals surface area contributed by atoms with E-state index in [0.717, 1.165) is 50.3 Å². The average molecular weight is 337 g/mol. The van der Waals surface area contributed by atoms with Gasteiger partial charge in [-0.15, -0.1) is 0 Å². The zero-order valence-corrected chi connectivity index (χ0v) is 14.5. The van der Waals surface area contributed by atoms with Crippen LogP contribution in [0.15, 0.2) is 42.9 Å². The van der Waals surface area contributed by atoms with Crippen molar-refractivity contribution in [2.75, 3.05) is 33.3 Å². The van der Waals surface area contributed by atoms with Gasteiger partial charge in [0.1, 0.15) is 11.8 Å². The van der Waals surface area contributed by atoms with Gasteiger partial charge in [0.2, 0.25) is 5.88 Å². The standard InChI is InChI=1S/C19H23N5O/c1-25-19-18-17(21-14-22-19)16(11-20-18)13-24-9-7-23(8-10-24)12-15-5-3-2-4-6-15/h2-6,11,14,20H,7-10,12-13H2,1H3. The number of fused-ring (bicyclic) bond motifs is 1. The molecular formula is C19H23N5O. The molecule has 1 fully saturated rings. The molecule has 4 rings (SSSR count). The predicted molar refractivity (Wildman–Crippen MR) is 97.4 cm³/mol. The molecule has 0 aliphatic carbocycles. The van der Waals surface area contributed by atoms with Crippen LogP contribution in [0.5, 0.6) is 5.88 Å². The van der Waals surface area contributed by atoms with E-state index >= 15 is 0 Å². The summed E-state index contributed by atoms with van der Waals surface area (Å²) in [5, 5.41) is 0. The molecule has 0 spiro atoms. The van der Waals surface area contributed by atoms with Gasteiger partial charge < -0.3 is 9.72 Å². The summed E-state index contributed by atoms with van der Waals surface area (Å²) in [6.07, 6.45) is 3.59. The molecule has 0 bridgehead atoms. The van der Waals surface area contributed by atoms with E-state index in [9.17, 15) is 0 Å². The maximum atomic E-state index is 5.30. The lowest BCUT2D eigenvalue weighted by Crippen LogP contribution is -2.45. The maximum absolute atomic E-state index is 5.30. The number of nitrogens with zero attached hydrogens (tertiary/aromatic N) is 4. The van der Waals surface area contributed by atoms with Crippen LogP contribution in [0.4, 0.5) is 0 Å². The normalized spacial score (nSPS) is 16.4. The summed E-state index contributed by atoms with van der Waals surface area (Å²) in [4.78, 5) is 16.8. The second-order valence-electron chi connectivity index (χ2n) is 6.46. The van der Waals surface area contributed by atoms with Crippen molar-refractivity contribution in [3.8, 4) is 5.88 Å². The summed E-state index contributed by atoms with van der Waals surface area (Å²) in [5.74, 6) is 0.601. The summed E-state index contributed by atoms with van der Waals surface area (Å²) < 4.78 is 5.30. The number of H-pyrrole nitrogens is 1. The molecule has 0 atom stereocenters.